The van der Waals surface area contributed by atoms with Gasteiger partial charge >= 0.3 is 12.6 Å². The predicted octanol–water partition coefficient (Wildman–Crippen LogP) is 3.69. The number of nitrogens with one attached hydrogen (secondary N) is 1. The molecule has 0 amide bonds. The second-order valence-corrected chi connectivity index (χ2v) is 9.33. The summed E-state index contributed by atoms with van der Waals surface area (Å²) < 4.78 is 68.8. The van der Waals surface area contributed by atoms with E-state index in [0.717, 1.165) is 12.3 Å². The van der Waals surface area contributed by atoms with Gasteiger partial charge in [0.15, 0.2) is 0 Å². The SMILES string of the molecule is COc1cc2c(cn1)-c1cnc(OC(F)F)c(c1)NS(=O)(=O)c1cc(cc(Br)c1O)C(=O)OC2. The van der Waals surface area contributed by atoms with E-state index in [2.05, 4.69) is 35.4 Å². The lowest BCUT2D eigenvalue weighted by Crippen LogP contribution is -2.16. The van der Waals surface area contributed by atoms with Gasteiger partial charge in [0.1, 0.15) is 22.9 Å². The molecule has 3 aromatic rings. The van der Waals surface area contributed by atoms with E-state index in [1.54, 1.807) is 0 Å². The van der Waals surface area contributed by atoms with Crippen LogP contribution >= 0.6 is 15.9 Å². The van der Waals surface area contributed by atoms with Crippen LogP contribution in [0.15, 0.2) is 46.0 Å². The first-order valence-corrected chi connectivity index (χ1v) is 11.6. The molecule has 1 aliphatic rings. The smallest absolute Gasteiger partial charge is 0.388 e. The predicted molar refractivity (Wildman–Crippen MR) is 116 cm³/mol. The number of sulfonamides is 1. The molecule has 0 spiro atoms. The van der Waals surface area contributed by atoms with Gasteiger partial charge in [0.25, 0.3) is 10.0 Å². The third-order valence-corrected chi connectivity index (χ3v) is 6.68. The Morgan fingerprint density at radius 1 is 1.18 bits per heavy atom. The van der Waals surface area contributed by atoms with Gasteiger partial charge in [-0.05, 0) is 34.1 Å². The largest absolute Gasteiger partial charge is 0.505 e. The number of phenols is 1. The van der Waals surface area contributed by atoms with Crippen LogP contribution in [0.3, 0.4) is 0 Å². The lowest BCUT2D eigenvalue weighted by Gasteiger charge is -2.15. The van der Waals surface area contributed by atoms with Gasteiger partial charge in [-0.2, -0.15) is 8.78 Å². The van der Waals surface area contributed by atoms with Crippen LogP contribution in [-0.4, -0.2) is 43.2 Å². The normalized spacial score (nSPS) is 14.6. The van der Waals surface area contributed by atoms with Gasteiger partial charge in [0.2, 0.25) is 11.8 Å². The molecule has 0 unspecified atom stereocenters. The number of rotatable bonds is 3. The molecule has 14 heteroatoms. The van der Waals surface area contributed by atoms with Crippen LogP contribution < -0.4 is 14.2 Å². The minimum Gasteiger partial charge on any atom is -0.505 e. The molecule has 3 heterocycles. The minimum absolute atomic E-state index is 0.112. The molecular weight excluding hydrogens is 544 g/mol. The van der Waals surface area contributed by atoms with Gasteiger partial charge in [-0.15, -0.1) is 0 Å². The van der Waals surface area contributed by atoms with E-state index in [4.69, 9.17) is 9.47 Å². The van der Waals surface area contributed by atoms with Crippen molar-refractivity contribution in [2.24, 2.45) is 0 Å². The van der Waals surface area contributed by atoms with Gasteiger partial charge in [-0.3, -0.25) is 4.72 Å². The Hall–Kier alpha value is -3.52. The van der Waals surface area contributed by atoms with Crippen molar-refractivity contribution in [2.45, 2.75) is 18.1 Å². The highest BCUT2D eigenvalue weighted by Gasteiger charge is 2.27. The van der Waals surface area contributed by atoms with Crippen molar-refractivity contribution >= 4 is 37.6 Å². The Balaban J connectivity index is 1.98. The molecule has 0 radical (unpaired) electrons. The summed E-state index contributed by atoms with van der Waals surface area (Å²) >= 11 is 3.00. The number of cyclic esters (lactones) is 1. The van der Waals surface area contributed by atoms with Crippen molar-refractivity contribution in [1.82, 2.24) is 9.97 Å². The zero-order chi connectivity index (χ0) is 24.6. The molecule has 0 atom stereocenters. The number of aromatic nitrogens is 2. The molecule has 1 aliphatic heterocycles. The molecule has 2 aromatic heterocycles. The number of benzene rings is 1. The number of carbonyl (C=O) groups is 1. The fraction of sp³-hybridized carbons (Fsp3) is 0.150. The number of fused-ring (bicyclic) bond motifs is 6. The summed E-state index contributed by atoms with van der Waals surface area (Å²) in [6, 6.07) is 4.76. The molecule has 4 bridgehead atoms. The van der Waals surface area contributed by atoms with Gasteiger partial charge < -0.3 is 19.3 Å². The van der Waals surface area contributed by atoms with Crippen molar-refractivity contribution in [3.63, 3.8) is 0 Å². The Bertz CT molecular complexity index is 1400. The van der Waals surface area contributed by atoms with Crippen molar-refractivity contribution in [2.75, 3.05) is 11.8 Å². The summed E-state index contributed by atoms with van der Waals surface area (Å²) in [6.45, 7) is -3.56. The summed E-state index contributed by atoms with van der Waals surface area (Å²) in [7, 11) is -3.23. The Labute approximate surface area is 199 Å². The second kappa shape index (κ2) is 9.02. The summed E-state index contributed by atoms with van der Waals surface area (Å²) in [5.41, 5.74) is 0.389. The number of halogens is 3. The zero-order valence-corrected chi connectivity index (χ0v) is 19.5. The highest BCUT2D eigenvalue weighted by molar-refractivity contribution is 9.10. The average molecular weight is 558 g/mol. The number of nitrogens with zero attached hydrogens (tertiary/aromatic N) is 2. The molecule has 178 valence electrons. The third kappa shape index (κ3) is 4.59. The van der Waals surface area contributed by atoms with Crippen molar-refractivity contribution in [3.05, 3.63) is 52.3 Å². The number of anilines is 1. The highest BCUT2D eigenvalue weighted by Crippen LogP contribution is 2.37. The lowest BCUT2D eigenvalue weighted by atomic mass is 10.0. The molecule has 2 N–H and O–H groups in total. The van der Waals surface area contributed by atoms with E-state index in [1.165, 1.54) is 31.5 Å². The van der Waals surface area contributed by atoms with E-state index in [1.807, 2.05) is 0 Å². The maximum absolute atomic E-state index is 13.1. The zero-order valence-electron chi connectivity index (χ0n) is 17.1. The maximum atomic E-state index is 13.1. The third-order valence-electron chi connectivity index (χ3n) is 4.69. The van der Waals surface area contributed by atoms with E-state index >= 15 is 0 Å². The maximum Gasteiger partial charge on any atom is 0.388 e. The molecule has 0 saturated carbocycles. The fourth-order valence-corrected chi connectivity index (χ4v) is 4.92. The molecule has 0 aliphatic carbocycles. The van der Waals surface area contributed by atoms with Crippen LogP contribution in [0, 0.1) is 0 Å². The number of methoxy groups -OCH3 is 1. The topological polar surface area (TPSA) is 137 Å². The van der Waals surface area contributed by atoms with E-state index < -0.39 is 44.8 Å². The van der Waals surface area contributed by atoms with Gasteiger partial charge in [0.05, 0.1) is 17.1 Å². The quantitative estimate of drug-likeness (QED) is 0.461. The number of phenolic OH excluding ortho intramolecular Hbond substituents is 1. The van der Waals surface area contributed by atoms with Crippen LogP contribution in [0.1, 0.15) is 15.9 Å². The number of hydrogen-bond donors (Lipinski definition) is 2. The standard InChI is InChI=1S/C20H14BrF2N3O7S/c1-31-16-5-11-8-32-19(28)9-2-13(21)17(27)15(4-9)34(29,30)26-14-3-10(12(11)7-24-16)6-25-18(14)33-20(22)23/h2-7,20,26-27H,8H2,1H3. The van der Waals surface area contributed by atoms with Crippen LogP contribution in [-0.2, 0) is 21.4 Å². The molecule has 1 aromatic carbocycles. The number of ether oxygens (including phenoxy) is 3. The number of aromatic hydroxyl groups is 1. The van der Waals surface area contributed by atoms with Crippen molar-refractivity contribution < 1.29 is 41.3 Å². The fourth-order valence-electron chi connectivity index (χ4n) is 3.14. The molecule has 0 fully saturated rings. The summed E-state index contributed by atoms with van der Waals surface area (Å²) in [4.78, 5) is 19.9. The van der Waals surface area contributed by atoms with Crippen molar-refractivity contribution in [1.29, 1.82) is 0 Å². The first-order valence-electron chi connectivity index (χ1n) is 9.29. The average Bonchev–Trinajstić information content (AvgIpc) is 2.79. The Kier molecular flexibility index (Phi) is 6.27. The second-order valence-electron chi connectivity index (χ2n) is 6.83. The van der Waals surface area contributed by atoms with Gasteiger partial charge in [-0.1, -0.05) is 0 Å². The van der Waals surface area contributed by atoms with Crippen LogP contribution in [0.5, 0.6) is 17.5 Å². The number of alkyl halides is 2. The van der Waals surface area contributed by atoms with Gasteiger partial charge in [0, 0.05) is 35.2 Å². The van der Waals surface area contributed by atoms with E-state index in [9.17, 15) is 27.1 Å². The van der Waals surface area contributed by atoms with Crippen LogP contribution in [0.25, 0.3) is 11.1 Å². The first kappa shape index (κ1) is 23.6. The number of carbonyl (C=O) groups excluding carboxylic acids is 1. The molecule has 34 heavy (non-hydrogen) atoms. The minimum atomic E-state index is -4.62. The van der Waals surface area contributed by atoms with Crippen LogP contribution in [0.2, 0.25) is 0 Å². The Morgan fingerprint density at radius 3 is 2.65 bits per heavy atom. The van der Waals surface area contributed by atoms with Crippen LogP contribution in [0.4, 0.5) is 14.5 Å². The highest BCUT2D eigenvalue weighted by atomic mass is 79.9. The van der Waals surface area contributed by atoms with Crippen molar-refractivity contribution in [3.8, 4) is 28.6 Å². The van der Waals surface area contributed by atoms with E-state index in [-0.39, 0.29) is 28.1 Å². The van der Waals surface area contributed by atoms with E-state index in [0.29, 0.717) is 11.1 Å². The molecule has 4 rings (SSSR count). The Morgan fingerprint density at radius 2 is 1.94 bits per heavy atom. The monoisotopic (exact) mass is 557 g/mol. The number of hydrogen-bond acceptors (Lipinski definition) is 9. The number of pyridine rings is 2. The molecular formula is C20H14BrF2N3O7S. The number of esters is 1. The summed E-state index contributed by atoms with van der Waals surface area (Å²) in [5.74, 6) is -2.09. The lowest BCUT2D eigenvalue weighted by molar-refractivity contribution is -0.0522. The molecule has 0 saturated heterocycles. The first-order chi connectivity index (χ1) is 16.1. The van der Waals surface area contributed by atoms with Gasteiger partial charge in [-0.25, -0.2) is 23.2 Å². The molecule has 10 nitrogen and oxygen atoms in total. The summed E-state index contributed by atoms with van der Waals surface area (Å²) in [6.07, 6.45) is 2.53. The summed E-state index contributed by atoms with van der Waals surface area (Å²) in [5, 5.41) is 10.3.